The van der Waals surface area contributed by atoms with Crippen LogP contribution in [0.3, 0.4) is 0 Å². The van der Waals surface area contributed by atoms with Crippen LogP contribution in [0.5, 0.6) is 5.88 Å². The molecule has 0 aliphatic heterocycles. The molecule has 0 saturated heterocycles. The molecule has 5 heteroatoms. The van der Waals surface area contributed by atoms with Crippen molar-refractivity contribution >= 4 is 5.91 Å². The van der Waals surface area contributed by atoms with Gasteiger partial charge in [-0.15, -0.1) is 0 Å². The summed E-state index contributed by atoms with van der Waals surface area (Å²) >= 11 is 0. The highest BCUT2D eigenvalue weighted by Crippen LogP contribution is 2.13. The minimum absolute atomic E-state index is 0.243. The second-order valence-electron chi connectivity index (χ2n) is 3.94. The molecular weight excluding hydrogens is 232 g/mol. The van der Waals surface area contributed by atoms with Crippen LogP contribution in [0.15, 0.2) is 18.3 Å². The average Bonchev–Trinajstić information content (AvgIpc) is 2.37. The SMILES string of the molecule is CCCC(O)CNC(=O)c1cccnc1OCC. The number of nitrogens with one attached hydrogen (secondary N) is 1. The van der Waals surface area contributed by atoms with E-state index in [1.54, 1.807) is 18.3 Å². The normalized spacial score (nSPS) is 11.9. The van der Waals surface area contributed by atoms with Crippen molar-refractivity contribution in [2.24, 2.45) is 0 Å². The van der Waals surface area contributed by atoms with Gasteiger partial charge in [-0.05, 0) is 25.5 Å². The number of rotatable bonds is 7. The Balaban J connectivity index is 2.60. The van der Waals surface area contributed by atoms with Crippen LogP contribution in [0.2, 0.25) is 0 Å². The lowest BCUT2D eigenvalue weighted by molar-refractivity contribution is 0.0905. The molecule has 18 heavy (non-hydrogen) atoms. The quantitative estimate of drug-likeness (QED) is 0.769. The Morgan fingerprint density at radius 3 is 3.00 bits per heavy atom. The third kappa shape index (κ3) is 4.33. The molecule has 1 rings (SSSR count). The third-order valence-electron chi connectivity index (χ3n) is 2.42. The first-order valence-corrected chi connectivity index (χ1v) is 6.23. The molecule has 100 valence electrons. The summed E-state index contributed by atoms with van der Waals surface area (Å²) in [6.07, 6.45) is 2.62. The highest BCUT2D eigenvalue weighted by atomic mass is 16.5. The van der Waals surface area contributed by atoms with Crippen LogP contribution in [0, 0.1) is 0 Å². The summed E-state index contributed by atoms with van der Waals surface area (Å²) in [6, 6.07) is 3.33. The molecule has 1 unspecified atom stereocenters. The van der Waals surface area contributed by atoms with E-state index >= 15 is 0 Å². The van der Waals surface area contributed by atoms with E-state index in [9.17, 15) is 9.90 Å². The van der Waals surface area contributed by atoms with Gasteiger partial charge < -0.3 is 15.2 Å². The second-order valence-corrected chi connectivity index (χ2v) is 3.94. The van der Waals surface area contributed by atoms with Gasteiger partial charge in [0.05, 0.1) is 12.7 Å². The predicted molar refractivity (Wildman–Crippen MR) is 68.7 cm³/mol. The van der Waals surface area contributed by atoms with Crippen molar-refractivity contribution in [1.29, 1.82) is 0 Å². The highest BCUT2D eigenvalue weighted by Gasteiger charge is 2.14. The largest absolute Gasteiger partial charge is 0.477 e. The van der Waals surface area contributed by atoms with Crippen molar-refractivity contribution in [1.82, 2.24) is 10.3 Å². The predicted octanol–water partition coefficient (Wildman–Crippen LogP) is 1.37. The van der Waals surface area contributed by atoms with Crippen LogP contribution in [0.1, 0.15) is 37.0 Å². The van der Waals surface area contributed by atoms with Crippen LogP contribution >= 0.6 is 0 Å². The molecule has 0 radical (unpaired) electrons. The van der Waals surface area contributed by atoms with Crippen molar-refractivity contribution in [3.63, 3.8) is 0 Å². The van der Waals surface area contributed by atoms with E-state index in [-0.39, 0.29) is 12.5 Å². The van der Waals surface area contributed by atoms with Gasteiger partial charge in [-0.2, -0.15) is 0 Å². The number of aromatic nitrogens is 1. The zero-order valence-electron chi connectivity index (χ0n) is 10.8. The Bertz CT molecular complexity index is 382. The molecule has 0 fully saturated rings. The lowest BCUT2D eigenvalue weighted by Crippen LogP contribution is -2.32. The van der Waals surface area contributed by atoms with Crippen LogP contribution in [0.25, 0.3) is 0 Å². The number of ether oxygens (including phenoxy) is 1. The summed E-state index contributed by atoms with van der Waals surface area (Å²) < 4.78 is 5.28. The van der Waals surface area contributed by atoms with Gasteiger partial charge in [0.15, 0.2) is 0 Å². The van der Waals surface area contributed by atoms with E-state index in [4.69, 9.17) is 4.74 Å². The van der Waals surface area contributed by atoms with Crippen molar-refractivity contribution in [3.8, 4) is 5.88 Å². The van der Waals surface area contributed by atoms with E-state index in [0.29, 0.717) is 24.5 Å². The fourth-order valence-electron chi connectivity index (χ4n) is 1.56. The Labute approximate surface area is 107 Å². The summed E-state index contributed by atoms with van der Waals surface area (Å²) in [5, 5.41) is 12.2. The summed E-state index contributed by atoms with van der Waals surface area (Å²) in [7, 11) is 0. The van der Waals surface area contributed by atoms with Gasteiger partial charge in [-0.25, -0.2) is 4.98 Å². The number of hydrogen-bond acceptors (Lipinski definition) is 4. The Morgan fingerprint density at radius 1 is 1.56 bits per heavy atom. The third-order valence-corrected chi connectivity index (χ3v) is 2.42. The van der Waals surface area contributed by atoms with Gasteiger partial charge in [-0.3, -0.25) is 4.79 Å². The van der Waals surface area contributed by atoms with Crippen molar-refractivity contribution in [2.45, 2.75) is 32.8 Å². The van der Waals surface area contributed by atoms with Gasteiger partial charge in [0, 0.05) is 12.7 Å². The molecule has 1 amide bonds. The molecule has 1 aromatic heterocycles. The van der Waals surface area contributed by atoms with Gasteiger partial charge in [0.2, 0.25) is 5.88 Å². The van der Waals surface area contributed by atoms with E-state index in [2.05, 4.69) is 10.3 Å². The first kappa shape index (κ1) is 14.4. The van der Waals surface area contributed by atoms with Gasteiger partial charge in [-0.1, -0.05) is 13.3 Å². The number of nitrogens with zero attached hydrogens (tertiary/aromatic N) is 1. The maximum absolute atomic E-state index is 11.9. The molecule has 0 aromatic carbocycles. The summed E-state index contributed by atoms with van der Waals surface area (Å²) in [6.45, 7) is 4.52. The summed E-state index contributed by atoms with van der Waals surface area (Å²) in [4.78, 5) is 15.9. The van der Waals surface area contributed by atoms with Crippen LogP contribution in [0.4, 0.5) is 0 Å². The minimum atomic E-state index is -0.508. The summed E-state index contributed by atoms with van der Waals surface area (Å²) in [5.74, 6) is 0.0455. The Morgan fingerprint density at radius 2 is 2.33 bits per heavy atom. The fraction of sp³-hybridized carbons (Fsp3) is 0.538. The molecule has 5 nitrogen and oxygen atoms in total. The molecule has 0 aliphatic carbocycles. The maximum atomic E-state index is 11.9. The zero-order valence-corrected chi connectivity index (χ0v) is 10.8. The van der Waals surface area contributed by atoms with E-state index in [0.717, 1.165) is 6.42 Å². The average molecular weight is 252 g/mol. The molecule has 0 aliphatic rings. The number of carbonyl (C=O) groups is 1. The highest BCUT2D eigenvalue weighted by molar-refractivity contribution is 5.96. The lowest BCUT2D eigenvalue weighted by atomic mass is 10.2. The van der Waals surface area contributed by atoms with Gasteiger partial charge >= 0.3 is 0 Å². The van der Waals surface area contributed by atoms with Crippen molar-refractivity contribution < 1.29 is 14.6 Å². The van der Waals surface area contributed by atoms with E-state index < -0.39 is 6.10 Å². The minimum Gasteiger partial charge on any atom is -0.477 e. The van der Waals surface area contributed by atoms with Crippen LogP contribution in [-0.2, 0) is 0 Å². The van der Waals surface area contributed by atoms with E-state index in [1.807, 2.05) is 13.8 Å². The van der Waals surface area contributed by atoms with Gasteiger partial charge in [0.1, 0.15) is 5.56 Å². The number of aliphatic hydroxyl groups is 1. The van der Waals surface area contributed by atoms with Crippen LogP contribution in [-0.4, -0.2) is 35.3 Å². The fourth-order valence-corrected chi connectivity index (χ4v) is 1.56. The maximum Gasteiger partial charge on any atom is 0.256 e. The number of aliphatic hydroxyl groups excluding tert-OH is 1. The standard InChI is InChI=1S/C13H20N2O3/c1-3-6-10(16)9-15-12(17)11-7-5-8-14-13(11)18-4-2/h5,7-8,10,16H,3-4,6,9H2,1-2H3,(H,15,17). The summed E-state index contributed by atoms with van der Waals surface area (Å²) in [5.41, 5.74) is 0.392. The van der Waals surface area contributed by atoms with Crippen molar-refractivity contribution in [2.75, 3.05) is 13.2 Å². The number of carbonyl (C=O) groups excluding carboxylic acids is 1. The molecule has 0 spiro atoms. The topological polar surface area (TPSA) is 71.5 Å². The Kier molecular flexibility index (Phi) is 6.14. The second kappa shape index (κ2) is 7.66. The van der Waals surface area contributed by atoms with Crippen molar-refractivity contribution in [3.05, 3.63) is 23.9 Å². The molecule has 1 atom stereocenters. The molecule has 1 heterocycles. The molecular formula is C13H20N2O3. The molecule has 0 bridgehead atoms. The van der Waals surface area contributed by atoms with Crippen LogP contribution < -0.4 is 10.1 Å². The molecule has 0 saturated carbocycles. The Hall–Kier alpha value is -1.62. The molecule has 2 N–H and O–H groups in total. The van der Waals surface area contributed by atoms with Gasteiger partial charge in [0.25, 0.3) is 5.91 Å². The zero-order chi connectivity index (χ0) is 13.4. The first-order chi connectivity index (χ1) is 8.69. The number of amides is 1. The number of pyridine rings is 1. The monoisotopic (exact) mass is 252 g/mol. The lowest BCUT2D eigenvalue weighted by Gasteiger charge is -2.12. The first-order valence-electron chi connectivity index (χ1n) is 6.23. The molecule has 1 aromatic rings. The number of hydrogen-bond donors (Lipinski definition) is 2. The smallest absolute Gasteiger partial charge is 0.256 e. The van der Waals surface area contributed by atoms with E-state index in [1.165, 1.54) is 0 Å².